The molecule has 0 saturated heterocycles. The second-order valence-corrected chi connectivity index (χ2v) is 4.61. The average molecular weight is 250 g/mol. The third kappa shape index (κ3) is 2.08. The van der Waals surface area contributed by atoms with E-state index in [1.807, 2.05) is 24.6 Å². The molecule has 17 heavy (non-hydrogen) atoms. The van der Waals surface area contributed by atoms with Gasteiger partial charge >= 0.3 is 0 Å². The minimum atomic E-state index is 0.493. The van der Waals surface area contributed by atoms with Crippen LogP contribution < -0.4 is 5.73 Å². The van der Waals surface area contributed by atoms with Crippen molar-refractivity contribution in [2.75, 3.05) is 0 Å². The van der Waals surface area contributed by atoms with Gasteiger partial charge in [0, 0.05) is 6.54 Å². The lowest BCUT2D eigenvalue weighted by atomic mass is 10.1. The summed E-state index contributed by atoms with van der Waals surface area (Å²) in [5, 5.41) is 5.16. The van der Waals surface area contributed by atoms with Crippen LogP contribution in [0.2, 0.25) is 5.02 Å². The first kappa shape index (κ1) is 12.1. The molecule has 0 saturated carbocycles. The van der Waals surface area contributed by atoms with E-state index in [0.29, 0.717) is 11.6 Å². The molecular formula is C13H16ClN3. The quantitative estimate of drug-likeness (QED) is 0.890. The fourth-order valence-electron chi connectivity index (χ4n) is 1.94. The number of rotatable bonds is 2. The highest BCUT2D eigenvalue weighted by Crippen LogP contribution is 2.24. The van der Waals surface area contributed by atoms with Crippen LogP contribution in [0.25, 0.3) is 5.69 Å². The monoisotopic (exact) mass is 249 g/mol. The van der Waals surface area contributed by atoms with Gasteiger partial charge in [-0.05, 0) is 32.4 Å². The van der Waals surface area contributed by atoms with Crippen molar-refractivity contribution in [2.45, 2.75) is 27.3 Å². The molecule has 0 spiro atoms. The fourth-order valence-corrected chi connectivity index (χ4v) is 2.06. The molecule has 1 aromatic heterocycles. The summed E-state index contributed by atoms with van der Waals surface area (Å²) >= 11 is 6.16. The first-order valence-electron chi connectivity index (χ1n) is 5.56. The number of aryl methyl sites for hydroxylation is 2. The van der Waals surface area contributed by atoms with Gasteiger partial charge in [-0.3, -0.25) is 0 Å². The number of hydrogen-bond donors (Lipinski definition) is 1. The third-order valence-corrected chi connectivity index (χ3v) is 3.43. The van der Waals surface area contributed by atoms with Crippen LogP contribution in [0.3, 0.4) is 0 Å². The molecule has 1 heterocycles. The highest BCUT2D eigenvalue weighted by molar-refractivity contribution is 6.31. The molecule has 90 valence electrons. The summed E-state index contributed by atoms with van der Waals surface area (Å²) < 4.78 is 1.86. The zero-order chi connectivity index (χ0) is 12.6. The zero-order valence-corrected chi connectivity index (χ0v) is 11.0. The highest BCUT2D eigenvalue weighted by atomic mass is 35.5. The Hall–Kier alpha value is -1.32. The Morgan fingerprint density at radius 2 is 2.00 bits per heavy atom. The second-order valence-electron chi connectivity index (χ2n) is 4.23. The lowest BCUT2D eigenvalue weighted by molar-refractivity contribution is 0.817. The summed E-state index contributed by atoms with van der Waals surface area (Å²) in [5.41, 5.74) is 10.8. The molecule has 2 N–H and O–H groups in total. The highest BCUT2D eigenvalue weighted by Gasteiger charge is 2.12. The summed E-state index contributed by atoms with van der Waals surface area (Å²) in [6.07, 6.45) is 0. The number of nitrogens with zero attached hydrogens (tertiary/aromatic N) is 2. The van der Waals surface area contributed by atoms with Gasteiger partial charge in [0.1, 0.15) is 0 Å². The van der Waals surface area contributed by atoms with Crippen LogP contribution >= 0.6 is 11.6 Å². The van der Waals surface area contributed by atoms with Gasteiger partial charge < -0.3 is 5.73 Å². The summed E-state index contributed by atoms with van der Waals surface area (Å²) in [7, 11) is 0. The smallest absolute Gasteiger partial charge is 0.0848 e. The molecule has 1 aromatic carbocycles. The van der Waals surface area contributed by atoms with Gasteiger partial charge in [0.25, 0.3) is 0 Å². The van der Waals surface area contributed by atoms with Crippen molar-refractivity contribution in [3.05, 3.63) is 45.7 Å². The van der Waals surface area contributed by atoms with Crippen molar-refractivity contribution in [3.63, 3.8) is 0 Å². The van der Waals surface area contributed by atoms with E-state index in [1.54, 1.807) is 0 Å². The molecule has 0 aliphatic rings. The molecule has 0 aliphatic carbocycles. The van der Waals surface area contributed by atoms with E-state index in [0.717, 1.165) is 22.6 Å². The molecule has 0 fully saturated rings. The molecule has 0 unspecified atom stereocenters. The number of halogens is 1. The van der Waals surface area contributed by atoms with Crippen LogP contribution in [-0.2, 0) is 6.54 Å². The SMILES string of the molecule is Cc1ccc(-n2nc(C)c(Cl)c2C)c(CN)c1. The number of hydrogen-bond acceptors (Lipinski definition) is 2. The molecule has 0 amide bonds. The molecule has 0 aliphatic heterocycles. The van der Waals surface area contributed by atoms with Crippen molar-refractivity contribution in [1.82, 2.24) is 9.78 Å². The minimum absolute atomic E-state index is 0.493. The van der Waals surface area contributed by atoms with Crippen LogP contribution in [0.15, 0.2) is 18.2 Å². The van der Waals surface area contributed by atoms with Crippen LogP contribution in [0, 0.1) is 20.8 Å². The average Bonchev–Trinajstić information content (AvgIpc) is 2.57. The fraction of sp³-hybridized carbons (Fsp3) is 0.308. The molecule has 2 aromatic rings. The summed E-state index contributed by atoms with van der Waals surface area (Å²) in [4.78, 5) is 0. The summed E-state index contributed by atoms with van der Waals surface area (Å²) in [6.45, 7) is 6.41. The Bertz CT molecular complexity index is 558. The molecule has 2 rings (SSSR count). The van der Waals surface area contributed by atoms with Crippen LogP contribution in [-0.4, -0.2) is 9.78 Å². The van der Waals surface area contributed by atoms with E-state index in [9.17, 15) is 0 Å². The Labute approximate surface area is 106 Å². The van der Waals surface area contributed by atoms with E-state index in [2.05, 4.69) is 24.2 Å². The third-order valence-electron chi connectivity index (χ3n) is 2.89. The Morgan fingerprint density at radius 3 is 2.53 bits per heavy atom. The zero-order valence-electron chi connectivity index (χ0n) is 10.3. The van der Waals surface area contributed by atoms with Gasteiger partial charge in [-0.25, -0.2) is 4.68 Å². The van der Waals surface area contributed by atoms with Gasteiger partial charge in [0.05, 0.1) is 22.1 Å². The normalized spacial score (nSPS) is 10.9. The van der Waals surface area contributed by atoms with Crippen molar-refractivity contribution in [3.8, 4) is 5.69 Å². The van der Waals surface area contributed by atoms with Crippen molar-refractivity contribution in [2.24, 2.45) is 5.73 Å². The predicted molar refractivity (Wildman–Crippen MR) is 70.7 cm³/mol. The standard InChI is InChI=1S/C13H16ClN3/c1-8-4-5-12(11(6-8)7-15)17-10(3)13(14)9(2)16-17/h4-6H,7,15H2,1-3H3. The van der Waals surface area contributed by atoms with E-state index in [-0.39, 0.29) is 0 Å². The topological polar surface area (TPSA) is 43.8 Å². The van der Waals surface area contributed by atoms with E-state index in [1.165, 1.54) is 5.56 Å². The largest absolute Gasteiger partial charge is 0.326 e. The maximum absolute atomic E-state index is 6.16. The van der Waals surface area contributed by atoms with Gasteiger partial charge in [-0.2, -0.15) is 5.10 Å². The lowest BCUT2D eigenvalue weighted by Gasteiger charge is -2.10. The van der Waals surface area contributed by atoms with E-state index < -0.39 is 0 Å². The summed E-state index contributed by atoms with van der Waals surface area (Å²) in [6, 6.07) is 6.17. The van der Waals surface area contributed by atoms with Gasteiger partial charge in [-0.15, -0.1) is 0 Å². The lowest BCUT2D eigenvalue weighted by Crippen LogP contribution is -2.07. The minimum Gasteiger partial charge on any atom is -0.326 e. The Kier molecular flexibility index (Phi) is 3.22. The van der Waals surface area contributed by atoms with Crippen molar-refractivity contribution >= 4 is 11.6 Å². The molecule has 0 bridgehead atoms. The first-order valence-corrected chi connectivity index (χ1v) is 5.94. The maximum atomic E-state index is 6.16. The second kappa shape index (κ2) is 4.51. The van der Waals surface area contributed by atoms with Gasteiger partial charge in [0.2, 0.25) is 0 Å². The number of aromatic nitrogens is 2. The molecule has 4 heteroatoms. The molecule has 0 atom stereocenters. The van der Waals surface area contributed by atoms with E-state index >= 15 is 0 Å². The molecule has 3 nitrogen and oxygen atoms in total. The van der Waals surface area contributed by atoms with Crippen LogP contribution in [0.1, 0.15) is 22.5 Å². The van der Waals surface area contributed by atoms with Gasteiger partial charge in [0.15, 0.2) is 0 Å². The molecule has 0 radical (unpaired) electrons. The van der Waals surface area contributed by atoms with Crippen LogP contribution in [0.5, 0.6) is 0 Å². The van der Waals surface area contributed by atoms with Crippen molar-refractivity contribution in [1.29, 1.82) is 0 Å². The van der Waals surface area contributed by atoms with Crippen LogP contribution in [0.4, 0.5) is 0 Å². The maximum Gasteiger partial charge on any atom is 0.0848 e. The van der Waals surface area contributed by atoms with Gasteiger partial charge in [-0.1, -0.05) is 29.3 Å². The summed E-state index contributed by atoms with van der Waals surface area (Å²) in [5.74, 6) is 0. The Balaban J connectivity index is 2.64. The number of benzene rings is 1. The first-order chi connectivity index (χ1) is 8.04. The number of nitrogens with two attached hydrogens (primary N) is 1. The molecular weight excluding hydrogens is 234 g/mol. The Morgan fingerprint density at radius 1 is 1.29 bits per heavy atom. The van der Waals surface area contributed by atoms with E-state index in [4.69, 9.17) is 17.3 Å². The predicted octanol–water partition coefficient (Wildman–Crippen LogP) is 2.91. The van der Waals surface area contributed by atoms with Crippen molar-refractivity contribution < 1.29 is 0 Å².